The summed E-state index contributed by atoms with van der Waals surface area (Å²) in [6.07, 6.45) is 7.83. The normalized spacial score (nSPS) is 27.2. The standard InChI is InChI=1S/C20H21N/c21-14-16-13-20(11-4-1-5-12-20)19(16)18-10-6-8-15-7-2-3-9-17(15)18/h2-3,6-10,16,19H,1,4-5,11-13H2. The highest BCUT2D eigenvalue weighted by Crippen LogP contribution is 2.64. The van der Waals surface area contributed by atoms with Crippen molar-refractivity contribution in [1.82, 2.24) is 0 Å². The maximum atomic E-state index is 9.55. The minimum absolute atomic E-state index is 0.217. The van der Waals surface area contributed by atoms with E-state index in [9.17, 15) is 5.26 Å². The summed E-state index contributed by atoms with van der Waals surface area (Å²) < 4.78 is 0. The molecule has 0 N–H and O–H groups in total. The fraction of sp³-hybridized carbons (Fsp3) is 0.450. The molecule has 1 nitrogen and oxygen atoms in total. The number of rotatable bonds is 1. The van der Waals surface area contributed by atoms with E-state index in [4.69, 9.17) is 0 Å². The van der Waals surface area contributed by atoms with Gasteiger partial charge in [-0.3, -0.25) is 0 Å². The number of nitriles is 1. The van der Waals surface area contributed by atoms with Crippen molar-refractivity contribution in [2.24, 2.45) is 11.3 Å². The van der Waals surface area contributed by atoms with E-state index in [1.165, 1.54) is 48.4 Å². The lowest BCUT2D eigenvalue weighted by molar-refractivity contribution is 0.00508. The molecule has 2 atom stereocenters. The molecule has 0 bridgehead atoms. The van der Waals surface area contributed by atoms with Crippen LogP contribution in [0.2, 0.25) is 0 Å². The maximum absolute atomic E-state index is 9.55. The summed E-state index contributed by atoms with van der Waals surface area (Å²) in [6, 6.07) is 17.9. The second kappa shape index (κ2) is 4.88. The first-order chi connectivity index (χ1) is 10.3. The fourth-order valence-electron chi connectivity index (χ4n) is 4.91. The van der Waals surface area contributed by atoms with Gasteiger partial charge in [0.25, 0.3) is 0 Å². The van der Waals surface area contributed by atoms with E-state index in [2.05, 4.69) is 48.5 Å². The van der Waals surface area contributed by atoms with Crippen molar-refractivity contribution < 1.29 is 0 Å². The zero-order chi connectivity index (χ0) is 14.3. The van der Waals surface area contributed by atoms with Crippen molar-refractivity contribution >= 4 is 10.8 Å². The van der Waals surface area contributed by atoms with E-state index >= 15 is 0 Å². The lowest BCUT2D eigenvalue weighted by atomic mass is 9.47. The highest BCUT2D eigenvalue weighted by molar-refractivity contribution is 5.86. The van der Waals surface area contributed by atoms with Gasteiger partial charge in [0.1, 0.15) is 0 Å². The SMILES string of the molecule is N#CC1CC2(CCCCC2)C1c1cccc2ccccc12. The second-order valence-electron chi connectivity index (χ2n) is 6.91. The van der Waals surface area contributed by atoms with E-state index in [1.54, 1.807) is 0 Å². The van der Waals surface area contributed by atoms with E-state index in [1.807, 2.05) is 0 Å². The monoisotopic (exact) mass is 275 g/mol. The van der Waals surface area contributed by atoms with Gasteiger partial charge in [-0.2, -0.15) is 5.26 Å². The third-order valence-corrected chi connectivity index (χ3v) is 5.86. The molecule has 2 aliphatic rings. The summed E-state index contributed by atoms with van der Waals surface area (Å²) in [5.41, 5.74) is 1.84. The van der Waals surface area contributed by atoms with Gasteiger partial charge in [0.05, 0.1) is 12.0 Å². The third-order valence-electron chi connectivity index (χ3n) is 5.86. The van der Waals surface area contributed by atoms with Crippen LogP contribution in [0, 0.1) is 22.7 Å². The van der Waals surface area contributed by atoms with Crippen LogP contribution in [-0.4, -0.2) is 0 Å². The number of nitrogens with zero attached hydrogens (tertiary/aromatic N) is 1. The van der Waals surface area contributed by atoms with E-state index in [-0.39, 0.29) is 5.92 Å². The van der Waals surface area contributed by atoms with Gasteiger partial charge >= 0.3 is 0 Å². The molecule has 21 heavy (non-hydrogen) atoms. The minimum Gasteiger partial charge on any atom is -0.198 e. The average molecular weight is 275 g/mol. The molecule has 2 fully saturated rings. The van der Waals surface area contributed by atoms with Crippen LogP contribution in [0.4, 0.5) is 0 Å². The van der Waals surface area contributed by atoms with Crippen LogP contribution >= 0.6 is 0 Å². The molecule has 0 heterocycles. The van der Waals surface area contributed by atoms with Crippen molar-refractivity contribution in [1.29, 1.82) is 5.26 Å². The Morgan fingerprint density at radius 1 is 0.952 bits per heavy atom. The molecule has 2 aliphatic carbocycles. The first-order valence-electron chi connectivity index (χ1n) is 8.21. The van der Waals surface area contributed by atoms with Crippen LogP contribution in [0.25, 0.3) is 10.8 Å². The topological polar surface area (TPSA) is 23.8 Å². The van der Waals surface area contributed by atoms with Crippen LogP contribution in [0.15, 0.2) is 42.5 Å². The molecule has 0 radical (unpaired) electrons. The Morgan fingerprint density at radius 2 is 1.71 bits per heavy atom. The number of hydrogen-bond acceptors (Lipinski definition) is 1. The van der Waals surface area contributed by atoms with Crippen LogP contribution < -0.4 is 0 Å². The fourth-order valence-corrected chi connectivity index (χ4v) is 4.91. The van der Waals surface area contributed by atoms with Crippen molar-refractivity contribution in [3.05, 3.63) is 48.0 Å². The van der Waals surface area contributed by atoms with Crippen molar-refractivity contribution in [2.75, 3.05) is 0 Å². The molecule has 2 unspecified atom stereocenters. The molecular formula is C20H21N. The van der Waals surface area contributed by atoms with Gasteiger partial charge in [0, 0.05) is 5.92 Å². The Kier molecular flexibility index (Phi) is 3.00. The van der Waals surface area contributed by atoms with Gasteiger partial charge in [-0.25, -0.2) is 0 Å². The van der Waals surface area contributed by atoms with Gasteiger partial charge in [0.2, 0.25) is 0 Å². The smallest absolute Gasteiger partial charge is 0.0662 e. The van der Waals surface area contributed by atoms with Crippen LogP contribution in [0.1, 0.15) is 50.0 Å². The number of fused-ring (bicyclic) bond motifs is 1. The van der Waals surface area contributed by atoms with Crippen LogP contribution in [0.5, 0.6) is 0 Å². The molecule has 2 aromatic carbocycles. The summed E-state index contributed by atoms with van der Waals surface area (Å²) >= 11 is 0. The molecule has 1 heteroatoms. The van der Waals surface area contributed by atoms with Crippen LogP contribution in [-0.2, 0) is 0 Å². The Labute approximate surface area is 126 Å². The van der Waals surface area contributed by atoms with E-state index in [0.29, 0.717) is 11.3 Å². The maximum Gasteiger partial charge on any atom is 0.0662 e. The van der Waals surface area contributed by atoms with Crippen molar-refractivity contribution in [2.45, 2.75) is 44.4 Å². The molecule has 1 spiro atoms. The summed E-state index contributed by atoms with van der Waals surface area (Å²) in [5, 5.41) is 12.2. The van der Waals surface area contributed by atoms with Gasteiger partial charge in [-0.05, 0) is 41.0 Å². The number of hydrogen-bond donors (Lipinski definition) is 0. The largest absolute Gasteiger partial charge is 0.198 e. The van der Waals surface area contributed by atoms with E-state index in [0.717, 1.165) is 6.42 Å². The molecule has 0 aliphatic heterocycles. The Hall–Kier alpha value is -1.81. The Bertz CT molecular complexity index is 698. The Balaban J connectivity index is 1.83. The van der Waals surface area contributed by atoms with Crippen molar-refractivity contribution in [3.63, 3.8) is 0 Å². The predicted octanol–water partition coefficient (Wildman–Crippen LogP) is 5.42. The summed E-state index contributed by atoms with van der Waals surface area (Å²) in [6.45, 7) is 0. The quantitative estimate of drug-likeness (QED) is 0.682. The summed E-state index contributed by atoms with van der Waals surface area (Å²) in [7, 11) is 0. The second-order valence-corrected chi connectivity index (χ2v) is 6.91. The number of benzene rings is 2. The summed E-state index contributed by atoms with van der Waals surface area (Å²) in [4.78, 5) is 0. The molecule has 106 valence electrons. The third kappa shape index (κ3) is 1.89. The zero-order valence-electron chi connectivity index (χ0n) is 12.4. The van der Waals surface area contributed by atoms with Gasteiger partial charge in [-0.15, -0.1) is 0 Å². The van der Waals surface area contributed by atoms with Crippen LogP contribution in [0.3, 0.4) is 0 Å². The van der Waals surface area contributed by atoms with Gasteiger partial charge in [0.15, 0.2) is 0 Å². The highest BCUT2D eigenvalue weighted by atomic mass is 14.6. The molecule has 2 saturated carbocycles. The van der Waals surface area contributed by atoms with Gasteiger partial charge < -0.3 is 0 Å². The average Bonchev–Trinajstić information content (AvgIpc) is 2.54. The summed E-state index contributed by atoms with van der Waals surface area (Å²) in [5.74, 6) is 0.669. The minimum atomic E-state index is 0.217. The highest BCUT2D eigenvalue weighted by Gasteiger charge is 2.54. The Morgan fingerprint density at radius 3 is 2.52 bits per heavy atom. The first-order valence-corrected chi connectivity index (χ1v) is 8.21. The molecule has 0 amide bonds. The molecule has 4 rings (SSSR count). The molecule has 0 saturated heterocycles. The molecule has 2 aromatic rings. The molecule has 0 aromatic heterocycles. The first kappa shape index (κ1) is 12.9. The predicted molar refractivity (Wildman–Crippen MR) is 85.9 cm³/mol. The van der Waals surface area contributed by atoms with Crippen molar-refractivity contribution in [3.8, 4) is 6.07 Å². The van der Waals surface area contributed by atoms with E-state index < -0.39 is 0 Å². The lowest BCUT2D eigenvalue weighted by Crippen LogP contribution is -2.46. The zero-order valence-corrected chi connectivity index (χ0v) is 12.4. The van der Waals surface area contributed by atoms with Gasteiger partial charge in [-0.1, -0.05) is 61.7 Å². The lowest BCUT2D eigenvalue weighted by Gasteiger charge is -2.55. The molecular weight excluding hydrogens is 254 g/mol.